The van der Waals surface area contributed by atoms with E-state index in [9.17, 15) is 17.6 Å². The van der Waals surface area contributed by atoms with Crippen LogP contribution in [0.2, 0.25) is 5.02 Å². The van der Waals surface area contributed by atoms with E-state index in [0.717, 1.165) is 12.1 Å². The molecule has 10 heteroatoms. The van der Waals surface area contributed by atoms with Crippen LogP contribution in [-0.4, -0.2) is 17.1 Å². The molecule has 2 aromatic carbocycles. The van der Waals surface area contributed by atoms with Crippen molar-refractivity contribution < 1.29 is 27.0 Å². The summed E-state index contributed by atoms with van der Waals surface area (Å²) in [5, 5.41) is 0.210. The molecule has 0 atom stereocenters. The van der Waals surface area contributed by atoms with Crippen LogP contribution in [0.25, 0.3) is 11.3 Å². The fourth-order valence-corrected chi connectivity index (χ4v) is 2.73. The van der Waals surface area contributed by atoms with Gasteiger partial charge in [-0.3, -0.25) is 0 Å². The van der Waals surface area contributed by atoms with Crippen molar-refractivity contribution in [3.05, 3.63) is 58.6 Å². The summed E-state index contributed by atoms with van der Waals surface area (Å²) in [4.78, 5) is 8.13. The van der Waals surface area contributed by atoms with Crippen LogP contribution in [0.4, 0.5) is 23.2 Å². The lowest BCUT2D eigenvalue weighted by molar-refractivity contribution is -0.137. The van der Waals surface area contributed by atoms with Gasteiger partial charge in [0.15, 0.2) is 0 Å². The second-order valence-corrected chi connectivity index (χ2v) is 6.34. The van der Waals surface area contributed by atoms with Crippen molar-refractivity contribution >= 4 is 17.3 Å². The third-order valence-corrected chi connectivity index (χ3v) is 4.22. The summed E-state index contributed by atoms with van der Waals surface area (Å²) in [6, 6.07) is 6.72. The van der Waals surface area contributed by atoms with Crippen LogP contribution in [0.15, 0.2) is 36.4 Å². The normalized spacial score (nSPS) is 11.4. The number of nitrogens with two attached hydrogens (primary N) is 1. The number of aromatic nitrogens is 2. The lowest BCUT2D eigenvalue weighted by Gasteiger charge is -2.14. The van der Waals surface area contributed by atoms with Crippen LogP contribution >= 0.6 is 11.6 Å². The molecule has 0 amide bonds. The smallest absolute Gasteiger partial charge is 0.416 e. The van der Waals surface area contributed by atoms with Crippen molar-refractivity contribution in [2.24, 2.45) is 0 Å². The summed E-state index contributed by atoms with van der Waals surface area (Å²) in [6.45, 7) is 1.51. The van der Waals surface area contributed by atoms with E-state index in [4.69, 9.17) is 26.8 Å². The Bertz CT molecular complexity index is 1070. The maximum absolute atomic E-state index is 14.4. The van der Waals surface area contributed by atoms with E-state index in [1.54, 1.807) is 6.07 Å². The topological polar surface area (TPSA) is 70.3 Å². The van der Waals surface area contributed by atoms with E-state index < -0.39 is 17.6 Å². The minimum atomic E-state index is -4.67. The van der Waals surface area contributed by atoms with Crippen LogP contribution < -0.4 is 15.2 Å². The largest absolute Gasteiger partial charge is 0.497 e. The highest BCUT2D eigenvalue weighted by atomic mass is 35.5. The predicted molar refractivity (Wildman–Crippen MR) is 99.7 cm³/mol. The van der Waals surface area contributed by atoms with Crippen LogP contribution in [0.5, 0.6) is 17.4 Å². The van der Waals surface area contributed by atoms with Crippen molar-refractivity contribution in [3.63, 3.8) is 0 Å². The van der Waals surface area contributed by atoms with Gasteiger partial charge in [0.1, 0.15) is 34.5 Å². The molecule has 0 spiro atoms. The SMILES string of the molecule is COc1ccc(Oc2nc(C)nc(-c3ccc(C(F)(F)F)cc3F)c2N)c(Cl)c1. The molecule has 0 saturated carbocycles. The molecule has 152 valence electrons. The first-order valence-corrected chi connectivity index (χ1v) is 8.50. The number of aryl methyl sites for hydroxylation is 1. The van der Waals surface area contributed by atoms with E-state index in [2.05, 4.69) is 9.97 Å². The summed E-state index contributed by atoms with van der Waals surface area (Å²) in [6.07, 6.45) is -4.67. The number of methoxy groups -OCH3 is 1. The van der Waals surface area contributed by atoms with Crippen molar-refractivity contribution in [1.29, 1.82) is 0 Å². The molecule has 0 fully saturated rings. The van der Waals surface area contributed by atoms with Crippen molar-refractivity contribution in [2.45, 2.75) is 13.1 Å². The third kappa shape index (κ3) is 4.34. The molecule has 2 N–H and O–H groups in total. The molecule has 0 unspecified atom stereocenters. The number of benzene rings is 2. The number of nitrogens with zero attached hydrogens (tertiary/aromatic N) is 2. The molecule has 0 aliphatic carbocycles. The van der Waals surface area contributed by atoms with Gasteiger partial charge in [-0.2, -0.15) is 18.2 Å². The molecule has 0 aliphatic heterocycles. The van der Waals surface area contributed by atoms with E-state index in [0.29, 0.717) is 11.8 Å². The van der Waals surface area contributed by atoms with E-state index in [1.165, 1.54) is 26.2 Å². The first-order chi connectivity index (χ1) is 13.6. The second kappa shape index (κ2) is 7.75. The standard InChI is InChI=1S/C19H14ClF4N3O2/c1-9-26-17(12-5-3-10(7-14(12)21)19(22,23)24)16(25)18(27-9)29-15-6-4-11(28-2)8-13(15)20/h3-8H,25H2,1-2H3. The number of ether oxygens (including phenoxy) is 2. The lowest BCUT2D eigenvalue weighted by atomic mass is 10.1. The third-order valence-electron chi connectivity index (χ3n) is 3.92. The summed E-state index contributed by atoms with van der Waals surface area (Å²) in [5.41, 5.74) is 4.44. The molecular weight excluding hydrogens is 414 g/mol. The maximum Gasteiger partial charge on any atom is 0.416 e. The van der Waals surface area contributed by atoms with Crippen molar-refractivity contribution in [1.82, 2.24) is 9.97 Å². The summed E-state index contributed by atoms with van der Waals surface area (Å²) in [5.74, 6) is -0.358. The quantitative estimate of drug-likeness (QED) is 0.545. The molecular formula is C19H14ClF4N3O2. The van der Waals surface area contributed by atoms with Gasteiger partial charge >= 0.3 is 6.18 Å². The molecule has 3 rings (SSSR count). The number of alkyl halides is 3. The van der Waals surface area contributed by atoms with E-state index >= 15 is 0 Å². The first kappa shape index (κ1) is 20.7. The second-order valence-electron chi connectivity index (χ2n) is 5.93. The maximum atomic E-state index is 14.4. The Morgan fingerprint density at radius 3 is 2.38 bits per heavy atom. The zero-order valence-corrected chi connectivity index (χ0v) is 15.9. The van der Waals surface area contributed by atoms with Gasteiger partial charge in [0.2, 0.25) is 5.88 Å². The molecule has 0 radical (unpaired) electrons. The zero-order chi connectivity index (χ0) is 21.3. The Morgan fingerprint density at radius 2 is 1.79 bits per heavy atom. The average molecular weight is 428 g/mol. The van der Waals surface area contributed by atoms with Gasteiger partial charge in [0, 0.05) is 11.6 Å². The van der Waals surface area contributed by atoms with Gasteiger partial charge in [-0.25, -0.2) is 9.37 Å². The van der Waals surface area contributed by atoms with Crippen molar-refractivity contribution in [2.75, 3.05) is 12.8 Å². The molecule has 0 bridgehead atoms. The van der Waals surface area contributed by atoms with Crippen LogP contribution in [0.1, 0.15) is 11.4 Å². The zero-order valence-electron chi connectivity index (χ0n) is 15.1. The number of anilines is 1. The highest BCUT2D eigenvalue weighted by Gasteiger charge is 2.31. The Balaban J connectivity index is 2.04. The van der Waals surface area contributed by atoms with E-state index in [1.807, 2.05) is 0 Å². The minimum absolute atomic E-state index is 0.0941. The van der Waals surface area contributed by atoms with Crippen LogP contribution in [0, 0.1) is 12.7 Å². The van der Waals surface area contributed by atoms with Gasteiger partial charge < -0.3 is 15.2 Å². The predicted octanol–water partition coefficient (Wildman–Crippen LogP) is 5.65. The molecule has 1 aromatic heterocycles. The molecule has 1 heterocycles. The summed E-state index contributed by atoms with van der Waals surface area (Å²) < 4.78 is 63.4. The van der Waals surface area contributed by atoms with Gasteiger partial charge in [-0.1, -0.05) is 11.6 Å². The number of hydrogen-bond acceptors (Lipinski definition) is 5. The molecule has 29 heavy (non-hydrogen) atoms. The summed E-state index contributed by atoms with van der Waals surface area (Å²) in [7, 11) is 1.48. The summed E-state index contributed by atoms with van der Waals surface area (Å²) >= 11 is 6.14. The van der Waals surface area contributed by atoms with E-state index in [-0.39, 0.29) is 39.4 Å². The monoisotopic (exact) mass is 427 g/mol. The van der Waals surface area contributed by atoms with Gasteiger partial charge in [-0.05, 0) is 37.3 Å². The number of rotatable bonds is 4. The Hall–Kier alpha value is -3.07. The van der Waals surface area contributed by atoms with Crippen LogP contribution in [0.3, 0.4) is 0 Å². The number of nitrogen functional groups attached to an aromatic ring is 1. The Morgan fingerprint density at radius 1 is 1.07 bits per heavy atom. The molecule has 0 aliphatic rings. The number of hydrogen-bond donors (Lipinski definition) is 1. The Kier molecular flexibility index (Phi) is 5.52. The fraction of sp³-hybridized carbons (Fsp3) is 0.158. The molecule has 5 nitrogen and oxygen atoms in total. The highest BCUT2D eigenvalue weighted by Crippen LogP contribution is 2.39. The van der Waals surface area contributed by atoms with Crippen LogP contribution in [-0.2, 0) is 6.18 Å². The highest BCUT2D eigenvalue weighted by molar-refractivity contribution is 6.32. The Labute approximate surface area is 168 Å². The number of halogens is 5. The average Bonchev–Trinajstić information content (AvgIpc) is 2.65. The minimum Gasteiger partial charge on any atom is -0.497 e. The lowest BCUT2D eigenvalue weighted by Crippen LogP contribution is -2.07. The van der Waals surface area contributed by atoms with Gasteiger partial charge in [-0.15, -0.1) is 0 Å². The first-order valence-electron chi connectivity index (χ1n) is 8.12. The molecule has 0 saturated heterocycles. The van der Waals surface area contributed by atoms with Gasteiger partial charge in [0.25, 0.3) is 0 Å². The van der Waals surface area contributed by atoms with Gasteiger partial charge in [0.05, 0.1) is 17.7 Å². The van der Waals surface area contributed by atoms with Crippen molar-refractivity contribution in [3.8, 4) is 28.6 Å². The molecule has 3 aromatic rings. The fourth-order valence-electron chi connectivity index (χ4n) is 2.52.